The minimum Gasteiger partial charge on any atom is -0.480 e. The predicted molar refractivity (Wildman–Crippen MR) is 95.8 cm³/mol. The van der Waals surface area contributed by atoms with Gasteiger partial charge in [0.1, 0.15) is 6.54 Å². The molecule has 2 aromatic carbocycles. The van der Waals surface area contributed by atoms with Gasteiger partial charge in [-0.15, -0.1) is 11.8 Å². The standard InChI is InChI=1S/C18H20N2O3S/c19-15(18(23)20-11-16(21)22)12-24-17(13-7-3-1-4-8-13)14-9-5-2-6-10-14/h1-10,15,17H,11-12,19H2,(H,20,23)(H,21,22)/t15-/m0/s1. The Balaban J connectivity index is 2.04. The number of carbonyl (C=O) groups is 2. The number of nitrogens with one attached hydrogen (secondary N) is 1. The van der Waals surface area contributed by atoms with Gasteiger partial charge < -0.3 is 16.2 Å². The van der Waals surface area contributed by atoms with E-state index in [1.165, 1.54) is 0 Å². The van der Waals surface area contributed by atoms with Crippen LogP contribution in [-0.2, 0) is 9.59 Å². The van der Waals surface area contributed by atoms with Crippen LogP contribution >= 0.6 is 11.8 Å². The molecular weight excluding hydrogens is 324 g/mol. The highest BCUT2D eigenvalue weighted by molar-refractivity contribution is 7.99. The second-order valence-electron chi connectivity index (χ2n) is 5.25. The predicted octanol–water partition coefficient (Wildman–Crippen LogP) is 2.04. The molecule has 2 rings (SSSR count). The van der Waals surface area contributed by atoms with Crippen molar-refractivity contribution in [1.29, 1.82) is 0 Å². The molecule has 0 spiro atoms. The molecule has 0 saturated carbocycles. The molecule has 6 heteroatoms. The fourth-order valence-electron chi connectivity index (χ4n) is 2.21. The van der Waals surface area contributed by atoms with Gasteiger partial charge in [-0.1, -0.05) is 60.7 Å². The first-order valence-electron chi connectivity index (χ1n) is 7.54. The minimum atomic E-state index is -1.09. The molecule has 1 atom stereocenters. The summed E-state index contributed by atoms with van der Waals surface area (Å²) in [5.74, 6) is -1.15. The molecule has 0 heterocycles. The molecule has 0 aliphatic heterocycles. The van der Waals surface area contributed by atoms with E-state index in [0.717, 1.165) is 11.1 Å². The molecule has 0 aliphatic rings. The summed E-state index contributed by atoms with van der Waals surface area (Å²) in [5, 5.41) is 11.0. The second kappa shape index (κ2) is 9.10. The molecule has 0 unspecified atom stereocenters. The maximum absolute atomic E-state index is 11.8. The van der Waals surface area contributed by atoms with E-state index in [9.17, 15) is 9.59 Å². The number of carboxylic acids is 1. The third kappa shape index (κ3) is 5.40. The fourth-order valence-corrected chi connectivity index (χ4v) is 3.46. The van der Waals surface area contributed by atoms with Crippen molar-refractivity contribution in [2.24, 2.45) is 5.73 Å². The molecule has 0 aromatic heterocycles. The Morgan fingerprint density at radius 2 is 1.50 bits per heavy atom. The summed E-state index contributed by atoms with van der Waals surface area (Å²) in [5.41, 5.74) is 8.14. The van der Waals surface area contributed by atoms with Gasteiger partial charge in [0, 0.05) is 5.75 Å². The highest BCUT2D eigenvalue weighted by atomic mass is 32.2. The number of carbonyl (C=O) groups excluding carboxylic acids is 1. The van der Waals surface area contributed by atoms with Gasteiger partial charge in [0.25, 0.3) is 0 Å². The normalized spacial score (nSPS) is 11.9. The van der Waals surface area contributed by atoms with Gasteiger partial charge in [0.05, 0.1) is 11.3 Å². The van der Waals surface area contributed by atoms with E-state index in [4.69, 9.17) is 10.8 Å². The number of hydrogen-bond donors (Lipinski definition) is 3. The van der Waals surface area contributed by atoms with Crippen LogP contribution in [0.5, 0.6) is 0 Å². The number of thioether (sulfide) groups is 1. The number of rotatable bonds is 8. The summed E-state index contributed by atoms with van der Waals surface area (Å²) in [6.45, 7) is -0.419. The highest BCUT2D eigenvalue weighted by Crippen LogP contribution is 2.35. The third-order valence-corrected chi connectivity index (χ3v) is 4.83. The van der Waals surface area contributed by atoms with Crippen molar-refractivity contribution in [2.45, 2.75) is 11.3 Å². The fraction of sp³-hybridized carbons (Fsp3) is 0.222. The van der Waals surface area contributed by atoms with Gasteiger partial charge >= 0.3 is 5.97 Å². The van der Waals surface area contributed by atoms with Crippen molar-refractivity contribution in [3.8, 4) is 0 Å². The summed E-state index contributed by atoms with van der Waals surface area (Å²) in [6.07, 6.45) is 0. The Morgan fingerprint density at radius 3 is 1.96 bits per heavy atom. The lowest BCUT2D eigenvalue weighted by atomic mass is 10.0. The van der Waals surface area contributed by atoms with E-state index >= 15 is 0 Å². The third-order valence-electron chi connectivity index (χ3n) is 3.40. The van der Waals surface area contributed by atoms with Crippen LogP contribution in [0.2, 0.25) is 0 Å². The van der Waals surface area contributed by atoms with Gasteiger partial charge in [-0.2, -0.15) is 0 Å². The van der Waals surface area contributed by atoms with E-state index in [0.29, 0.717) is 5.75 Å². The summed E-state index contributed by atoms with van der Waals surface area (Å²) in [7, 11) is 0. The summed E-state index contributed by atoms with van der Waals surface area (Å²) < 4.78 is 0. The highest BCUT2D eigenvalue weighted by Gasteiger charge is 2.19. The molecule has 0 bridgehead atoms. The van der Waals surface area contributed by atoms with Crippen LogP contribution in [-0.4, -0.2) is 35.3 Å². The van der Waals surface area contributed by atoms with Crippen molar-refractivity contribution >= 4 is 23.6 Å². The van der Waals surface area contributed by atoms with Gasteiger partial charge in [-0.25, -0.2) is 0 Å². The van der Waals surface area contributed by atoms with Gasteiger partial charge in [0.15, 0.2) is 0 Å². The SMILES string of the molecule is N[C@@H](CSC(c1ccccc1)c1ccccc1)C(=O)NCC(=O)O. The van der Waals surface area contributed by atoms with Crippen molar-refractivity contribution in [2.75, 3.05) is 12.3 Å². The first-order chi connectivity index (χ1) is 11.6. The number of carboxylic acid groups (broad SMARTS) is 1. The van der Waals surface area contributed by atoms with Crippen LogP contribution in [0, 0.1) is 0 Å². The van der Waals surface area contributed by atoms with E-state index in [-0.39, 0.29) is 5.25 Å². The monoisotopic (exact) mass is 344 g/mol. The van der Waals surface area contributed by atoms with Crippen LogP contribution < -0.4 is 11.1 Å². The molecule has 2 aromatic rings. The zero-order chi connectivity index (χ0) is 17.4. The van der Waals surface area contributed by atoms with Crippen molar-refractivity contribution in [3.05, 3.63) is 71.8 Å². The van der Waals surface area contributed by atoms with Crippen molar-refractivity contribution < 1.29 is 14.7 Å². The maximum atomic E-state index is 11.8. The molecule has 5 nitrogen and oxygen atoms in total. The molecule has 4 N–H and O–H groups in total. The van der Waals surface area contributed by atoms with E-state index < -0.39 is 24.5 Å². The Hall–Kier alpha value is -2.31. The summed E-state index contributed by atoms with van der Waals surface area (Å²) in [4.78, 5) is 22.3. The number of nitrogens with two attached hydrogens (primary N) is 1. The zero-order valence-corrected chi connectivity index (χ0v) is 13.9. The number of hydrogen-bond acceptors (Lipinski definition) is 4. The summed E-state index contributed by atoms with van der Waals surface area (Å²) in [6, 6.07) is 19.2. The van der Waals surface area contributed by atoms with E-state index in [1.54, 1.807) is 11.8 Å². The van der Waals surface area contributed by atoms with Crippen LogP contribution in [0.15, 0.2) is 60.7 Å². The second-order valence-corrected chi connectivity index (χ2v) is 6.39. The van der Waals surface area contributed by atoms with Crippen molar-refractivity contribution in [3.63, 3.8) is 0 Å². The maximum Gasteiger partial charge on any atom is 0.322 e. The average molecular weight is 344 g/mol. The largest absolute Gasteiger partial charge is 0.480 e. The quantitative estimate of drug-likeness (QED) is 0.681. The van der Waals surface area contributed by atoms with Gasteiger partial charge in [-0.3, -0.25) is 9.59 Å². The Kier molecular flexibility index (Phi) is 6.84. The summed E-state index contributed by atoms with van der Waals surface area (Å²) >= 11 is 1.57. The minimum absolute atomic E-state index is 0.0609. The molecule has 1 amide bonds. The van der Waals surface area contributed by atoms with Gasteiger partial charge in [-0.05, 0) is 11.1 Å². The first-order valence-corrected chi connectivity index (χ1v) is 8.59. The van der Waals surface area contributed by atoms with Gasteiger partial charge in [0.2, 0.25) is 5.91 Å². The molecule has 0 radical (unpaired) electrons. The average Bonchev–Trinajstić information content (AvgIpc) is 2.61. The lowest BCUT2D eigenvalue weighted by Crippen LogP contribution is -2.44. The number of aliphatic carboxylic acids is 1. The van der Waals surface area contributed by atoms with Crippen molar-refractivity contribution in [1.82, 2.24) is 5.32 Å². The van der Waals surface area contributed by atoms with E-state index in [1.807, 2.05) is 60.7 Å². The van der Waals surface area contributed by atoms with Crippen LogP contribution in [0.1, 0.15) is 16.4 Å². The lowest BCUT2D eigenvalue weighted by molar-refractivity contribution is -0.138. The lowest BCUT2D eigenvalue weighted by Gasteiger charge is -2.19. The van der Waals surface area contributed by atoms with E-state index in [2.05, 4.69) is 5.32 Å². The topological polar surface area (TPSA) is 92.4 Å². The Morgan fingerprint density at radius 1 is 1.00 bits per heavy atom. The van der Waals surface area contributed by atoms with Crippen LogP contribution in [0.25, 0.3) is 0 Å². The molecule has 24 heavy (non-hydrogen) atoms. The van der Waals surface area contributed by atoms with Crippen LogP contribution in [0.4, 0.5) is 0 Å². The number of benzene rings is 2. The molecule has 0 saturated heterocycles. The molecular formula is C18H20N2O3S. The van der Waals surface area contributed by atoms with Crippen LogP contribution in [0.3, 0.4) is 0 Å². The molecule has 0 fully saturated rings. The Labute approximate surface area is 145 Å². The molecule has 126 valence electrons. The Bertz CT molecular complexity index is 625. The zero-order valence-electron chi connectivity index (χ0n) is 13.1. The number of amides is 1. The molecule has 0 aliphatic carbocycles. The first kappa shape index (κ1) is 18.0. The smallest absolute Gasteiger partial charge is 0.322 e.